The molecule has 1 unspecified atom stereocenters. The van der Waals surface area contributed by atoms with Crippen LogP contribution in [0.5, 0.6) is 0 Å². The predicted octanol–water partition coefficient (Wildman–Crippen LogP) is 1.02. The van der Waals surface area contributed by atoms with E-state index in [1.54, 1.807) is 0 Å². The molecule has 84 valence electrons. The summed E-state index contributed by atoms with van der Waals surface area (Å²) in [4.78, 5) is 23.5. The maximum absolute atomic E-state index is 11.8. The summed E-state index contributed by atoms with van der Waals surface area (Å²) in [7, 11) is 0. The summed E-state index contributed by atoms with van der Waals surface area (Å²) in [5, 5.41) is 2.72. The van der Waals surface area contributed by atoms with Crippen molar-refractivity contribution in [3.8, 4) is 0 Å². The van der Waals surface area contributed by atoms with Gasteiger partial charge in [-0.05, 0) is 19.3 Å². The molecule has 0 bridgehead atoms. The van der Waals surface area contributed by atoms with Gasteiger partial charge in [0, 0.05) is 6.54 Å². The average molecular weight is 211 g/mol. The first-order chi connectivity index (χ1) is 7.17. The van der Waals surface area contributed by atoms with Gasteiger partial charge in [0.1, 0.15) is 12.0 Å². The van der Waals surface area contributed by atoms with E-state index in [4.69, 9.17) is 4.74 Å². The number of nitrogens with one attached hydrogen (secondary N) is 1. The minimum atomic E-state index is -0.971. The number of carbonyl (C=O) groups excluding carboxylic acids is 2. The lowest BCUT2D eigenvalue weighted by Gasteiger charge is -2.32. The van der Waals surface area contributed by atoms with Crippen LogP contribution < -0.4 is 5.32 Å². The lowest BCUT2D eigenvalue weighted by molar-refractivity contribution is -0.162. The van der Waals surface area contributed by atoms with Gasteiger partial charge < -0.3 is 10.1 Å². The van der Waals surface area contributed by atoms with Crippen molar-refractivity contribution in [3.05, 3.63) is 12.7 Å². The lowest BCUT2D eigenvalue weighted by atomic mass is 9.77. The normalized spacial score (nSPS) is 25.5. The van der Waals surface area contributed by atoms with Crippen LogP contribution >= 0.6 is 0 Å². The topological polar surface area (TPSA) is 55.4 Å². The van der Waals surface area contributed by atoms with Crippen molar-refractivity contribution in [1.29, 1.82) is 0 Å². The number of hydrogen-bond acceptors (Lipinski definition) is 3. The number of carbonyl (C=O) groups is 2. The maximum atomic E-state index is 11.8. The van der Waals surface area contributed by atoms with E-state index in [1.807, 2.05) is 6.92 Å². The highest BCUT2D eigenvalue weighted by Crippen LogP contribution is 2.32. The molecule has 1 rings (SSSR count). The molecule has 0 aliphatic carbocycles. The molecule has 4 heteroatoms. The van der Waals surface area contributed by atoms with Gasteiger partial charge in [-0.25, -0.2) is 0 Å². The van der Waals surface area contributed by atoms with Gasteiger partial charge in [0.05, 0.1) is 0 Å². The Bertz CT molecular complexity index is 275. The largest absolute Gasteiger partial charge is 0.461 e. The zero-order valence-electron chi connectivity index (χ0n) is 9.04. The fourth-order valence-electron chi connectivity index (χ4n) is 1.82. The van der Waals surface area contributed by atoms with E-state index in [9.17, 15) is 9.59 Å². The van der Waals surface area contributed by atoms with Gasteiger partial charge in [0.25, 0.3) is 0 Å². The first-order valence-electron chi connectivity index (χ1n) is 5.24. The van der Waals surface area contributed by atoms with E-state index in [-0.39, 0.29) is 12.5 Å². The van der Waals surface area contributed by atoms with Gasteiger partial charge in [-0.2, -0.15) is 0 Å². The molecule has 1 fully saturated rings. The van der Waals surface area contributed by atoms with Gasteiger partial charge in [-0.15, -0.1) is 0 Å². The van der Waals surface area contributed by atoms with Gasteiger partial charge >= 0.3 is 5.97 Å². The first kappa shape index (κ1) is 11.8. The van der Waals surface area contributed by atoms with E-state index in [1.165, 1.54) is 6.08 Å². The summed E-state index contributed by atoms with van der Waals surface area (Å²) in [6, 6.07) is 0. The second-order valence-electron chi connectivity index (χ2n) is 3.68. The van der Waals surface area contributed by atoms with Crippen LogP contribution in [0.3, 0.4) is 0 Å². The van der Waals surface area contributed by atoms with Gasteiger partial charge in [0.2, 0.25) is 5.91 Å². The summed E-state index contributed by atoms with van der Waals surface area (Å²) >= 11 is 0. The molecule has 1 heterocycles. The van der Waals surface area contributed by atoms with Crippen LogP contribution in [-0.4, -0.2) is 25.0 Å². The monoisotopic (exact) mass is 211 g/mol. The molecule has 1 amide bonds. The zero-order valence-corrected chi connectivity index (χ0v) is 9.04. The molecule has 0 aromatic carbocycles. The molecular formula is C11H17NO3. The third kappa shape index (κ3) is 2.19. The molecule has 1 atom stereocenters. The molecule has 15 heavy (non-hydrogen) atoms. The Morgan fingerprint density at radius 1 is 1.73 bits per heavy atom. The number of hydrogen-bond donors (Lipinski definition) is 1. The Balaban J connectivity index is 2.77. The second kappa shape index (κ2) is 4.96. The molecule has 4 nitrogen and oxygen atoms in total. The van der Waals surface area contributed by atoms with Gasteiger partial charge in [-0.3, -0.25) is 9.59 Å². The summed E-state index contributed by atoms with van der Waals surface area (Å²) in [5.74, 6) is -0.632. The fourth-order valence-corrected chi connectivity index (χ4v) is 1.82. The summed E-state index contributed by atoms with van der Waals surface area (Å²) in [5.41, 5.74) is -0.971. The second-order valence-corrected chi connectivity index (χ2v) is 3.68. The summed E-state index contributed by atoms with van der Waals surface area (Å²) in [6.45, 7) is 6.11. The Morgan fingerprint density at radius 2 is 2.47 bits per heavy atom. The minimum Gasteiger partial charge on any atom is -0.461 e. The Kier molecular flexibility index (Phi) is 3.88. The summed E-state index contributed by atoms with van der Waals surface area (Å²) in [6.07, 6.45) is 3.38. The minimum absolute atomic E-state index is 0.161. The molecule has 1 aliphatic rings. The number of piperidine rings is 1. The van der Waals surface area contributed by atoms with Crippen molar-refractivity contribution < 1.29 is 14.3 Å². The van der Waals surface area contributed by atoms with E-state index in [2.05, 4.69) is 11.9 Å². The third-order valence-electron chi connectivity index (χ3n) is 2.83. The van der Waals surface area contributed by atoms with Gasteiger partial charge in [-0.1, -0.05) is 19.6 Å². The number of amides is 1. The Hall–Kier alpha value is -1.32. The van der Waals surface area contributed by atoms with Gasteiger partial charge in [0.15, 0.2) is 0 Å². The number of rotatable bonds is 4. The van der Waals surface area contributed by atoms with Crippen LogP contribution in [0.2, 0.25) is 0 Å². The molecule has 0 radical (unpaired) electrons. The highest BCUT2D eigenvalue weighted by molar-refractivity contribution is 6.03. The van der Waals surface area contributed by atoms with Crippen LogP contribution in [0.1, 0.15) is 26.2 Å². The molecule has 1 aliphatic heterocycles. The first-order valence-corrected chi connectivity index (χ1v) is 5.24. The highest BCUT2D eigenvalue weighted by Gasteiger charge is 2.46. The molecule has 0 aromatic heterocycles. The number of esters is 1. The van der Waals surface area contributed by atoms with E-state index in [0.29, 0.717) is 19.4 Å². The van der Waals surface area contributed by atoms with E-state index in [0.717, 1.165) is 6.42 Å². The average Bonchev–Trinajstić information content (AvgIpc) is 2.27. The standard InChI is InChI=1S/C11H17NO3/c1-3-8-15-10(14)11(4-2)6-5-7-12-9(11)13/h3H,1,4-8H2,2H3,(H,12,13). The summed E-state index contributed by atoms with van der Waals surface area (Å²) < 4.78 is 4.98. The molecular weight excluding hydrogens is 194 g/mol. The van der Waals surface area contributed by atoms with Crippen LogP contribution in [0.4, 0.5) is 0 Å². The van der Waals surface area contributed by atoms with E-state index < -0.39 is 11.4 Å². The van der Waals surface area contributed by atoms with Crippen molar-refractivity contribution in [2.75, 3.05) is 13.2 Å². The van der Waals surface area contributed by atoms with Crippen LogP contribution in [0.25, 0.3) is 0 Å². The number of ether oxygens (including phenoxy) is 1. The lowest BCUT2D eigenvalue weighted by Crippen LogP contribution is -2.51. The molecule has 0 saturated carbocycles. The smallest absolute Gasteiger partial charge is 0.321 e. The van der Waals surface area contributed by atoms with E-state index >= 15 is 0 Å². The molecule has 0 spiro atoms. The maximum Gasteiger partial charge on any atom is 0.321 e. The highest BCUT2D eigenvalue weighted by atomic mass is 16.5. The molecule has 1 saturated heterocycles. The molecule has 1 N–H and O–H groups in total. The third-order valence-corrected chi connectivity index (χ3v) is 2.83. The SMILES string of the molecule is C=CCOC(=O)C1(CC)CCCNC1=O. The van der Waals surface area contributed by atoms with Crippen molar-refractivity contribution in [1.82, 2.24) is 5.32 Å². The van der Waals surface area contributed by atoms with Crippen molar-refractivity contribution >= 4 is 11.9 Å². The van der Waals surface area contributed by atoms with Crippen molar-refractivity contribution in [2.24, 2.45) is 5.41 Å². The Labute approximate surface area is 89.7 Å². The van der Waals surface area contributed by atoms with Crippen LogP contribution in [0.15, 0.2) is 12.7 Å². The predicted molar refractivity (Wildman–Crippen MR) is 56.1 cm³/mol. The zero-order chi connectivity index (χ0) is 11.3. The quantitative estimate of drug-likeness (QED) is 0.429. The van der Waals surface area contributed by atoms with Crippen molar-refractivity contribution in [3.63, 3.8) is 0 Å². The fraction of sp³-hybridized carbons (Fsp3) is 0.636. The van der Waals surface area contributed by atoms with Crippen LogP contribution in [-0.2, 0) is 14.3 Å². The Morgan fingerprint density at radius 3 is 3.00 bits per heavy atom. The molecule has 0 aromatic rings. The van der Waals surface area contributed by atoms with Crippen LogP contribution in [0, 0.1) is 5.41 Å². The van der Waals surface area contributed by atoms with Crippen molar-refractivity contribution in [2.45, 2.75) is 26.2 Å².